The monoisotopic (exact) mass is 309 g/mol. The lowest BCUT2D eigenvalue weighted by Crippen LogP contribution is -2.11. The van der Waals surface area contributed by atoms with Crippen molar-refractivity contribution in [2.75, 3.05) is 11.9 Å². The number of anilines is 1. The minimum Gasteiger partial charge on any atom is -0.489 e. The van der Waals surface area contributed by atoms with Crippen LogP contribution in [0.2, 0.25) is 0 Å². The minimum absolute atomic E-state index is 0.0385. The summed E-state index contributed by atoms with van der Waals surface area (Å²) in [6.07, 6.45) is 2.28. The summed E-state index contributed by atoms with van der Waals surface area (Å²) in [7, 11) is 0. The van der Waals surface area contributed by atoms with Crippen LogP contribution in [0.5, 0.6) is 5.75 Å². The van der Waals surface area contributed by atoms with E-state index < -0.39 is 0 Å². The van der Waals surface area contributed by atoms with E-state index in [1.54, 1.807) is 0 Å². The smallest absolute Gasteiger partial charge is 0.224 e. The second-order valence-electron chi connectivity index (χ2n) is 5.66. The largest absolute Gasteiger partial charge is 0.489 e. The van der Waals surface area contributed by atoms with Gasteiger partial charge in [0.2, 0.25) is 5.91 Å². The quantitative estimate of drug-likeness (QED) is 0.724. The van der Waals surface area contributed by atoms with E-state index in [0.29, 0.717) is 13.0 Å². The van der Waals surface area contributed by atoms with Gasteiger partial charge in [-0.15, -0.1) is 0 Å². The predicted molar refractivity (Wildman–Crippen MR) is 94.8 cm³/mol. The standard InChI is InChI=1S/C20H23NO2/c1-16(2)15-23-19-13-11-18(12-14-19)21-20(22)10-6-9-17-7-4-3-5-8-17/h3-5,7-8,11-14H,1,6,9-10,15H2,2H3,(H,21,22). The van der Waals surface area contributed by atoms with E-state index >= 15 is 0 Å². The number of amides is 1. The molecule has 1 amide bonds. The molecular weight excluding hydrogens is 286 g/mol. The van der Waals surface area contributed by atoms with E-state index in [1.165, 1.54) is 5.56 Å². The summed E-state index contributed by atoms with van der Waals surface area (Å²) in [6, 6.07) is 17.6. The van der Waals surface area contributed by atoms with Crippen LogP contribution in [0.4, 0.5) is 5.69 Å². The number of benzene rings is 2. The second-order valence-corrected chi connectivity index (χ2v) is 5.66. The van der Waals surface area contributed by atoms with E-state index in [-0.39, 0.29) is 5.91 Å². The van der Waals surface area contributed by atoms with E-state index in [4.69, 9.17) is 4.74 Å². The van der Waals surface area contributed by atoms with Crippen molar-refractivity contribution in [1.82, 2.24) is 0 Å². The molecule has 0 aliphatic rings. The molecular formula is C20H23NO2. The molecule has 0 unspecified atom stereocenters. The number of hydrogen-bond acceptors (Lipinski definition) is 2. The Hall–Kier alpha value is -2.55. The number of hydrogen-bond donors (Lipinski definition) is 1. The van der Waals surface area contributed by atoms with Gasteiger partial charge in [-0.1, -0.05) is 36.9 Å². The first-order chi connectivity index (χ1) is 11.1. The molecule has 2 aromatic rings. The average Bonchev–Trinajstić information content (AvgIpc) is 2.55. The van der Waals surface area contributed by atoms with Crippen LogP contribution >= 0.6 is 0 Å². The van der Waals surface area contributed by atoms with Crippen molar-refractivity contribution in [3.63, 3.8) is 0 Å². The zero-order chi connectivity index (χ0) is 16.5. The lowest BCUT2D eigenvalue weighted by Gasteiger charge is -2.08. The maximum absolute atomic E-state index is 11.9. The first-order valence-electron chi connectivity index (χ1n) is 7.84. The Bertz CT molecular complexity index is 632. The SMILES string of the molecule is C=C(C)COc1ccc(NC(=O)CCCc2ccccc2)cc1. The highest BCUT2D eigenvalue weighted by atomic mass is 16.5. The number of carbonyl (C=O) groups excluding carboxylic acids is 1. The van der Waals surface area contributed by atoms with Gasteiger partial charge < -0.3 is 10.1 Å². The van der Waals surface area contributed by atoms with Crippen molar-refractivity contribution in [1.29, 1.82) is 0 Å². The Labute approximate surface area is 138 Å². The molecule has 120 valence electrons. The van der Waals surface area contributed by atoms with Gasteiger partial charge in [0, 0.05) is 12.1 Å². The maximum atomic E-state index is 11.9. The fourth-order valence-electron chi connectivity index (χ4n) is 2.16. The van der Waals surface area contributed by atoms with Crippen LogP contribution in [0.25, 0.3) is 0 Å². The number of aryl methyl sites for hydroxylation is 1. The van der Waals surface area contributed by atoms with Crippen molar-refractivity contribution in [3.8, 4) is 5.75 Å². The average molecular weight is 309 g/mol. The van der Waals surface area contributed by atoms with E-state index in [9.17, 15) is 4.79 Å². The van der Waals surface area contributed by atoms with Gasteiger partial charge in [-0.25, -0.2) is 0 Å². The Morgan fingerprint density at radius 1 is 1.09 bits per heavy atom. The maximum Gasteiger partial charge on any atom is 0.224 e. The molecule has 0 aliphatic heterocycles. The van der Waals surface area contributed by atoms with Crippen LogP contribution in [0.3, 0.4) is 0 Å². The van der Waals surface area contributed by atoms with Gasteiger partial charge in [0.15, 0.2) is 0 Å². The fraction of sp³-hybridized carbons (Fsp3) is 0.250. The van der Waals surface area contributed by atoms with Gasteiger partial charge in [-0.2, -0.15) is 0 Å². The molecule has 23 heavy (non-hydrogen) atoms. The topological polar surface area (TPSA) is 38.3 Å². The van der Waals surface area contributed by atoms with E-state index in [0.717, 1.165) is 29.9 Å². The van der Waals surface area contributed by atoms with Crippen molar-refractivity contribution in [3.05, 3.63) is 72.3 Å². The molecule has 0 bridgehead atoms. The van der Waals surface area contributed by atoms with Crippen LogP contribution < -0.4 is 10.1 Å². The van der Waals surface area contributed by atoms with Crippen molar-refractivity contribution >= 4 is 11.6 Å². The van der Waals surface area contributed by atoms with Crippen LogP contribution in [0.15, 0.2) is 66.7 Å². The molecule has 0 saturated heterocycles. The summed E-state index contributed by atoms with van der Waals surface area (Å²) in [5.41, 5.74) is 3.03. The van der Waals surface area contributed by atoms with Crippen LogP contribution in [-0.4, -0.2) is 12.5 Å². The summed E-state index contributed by atoms with van der Waals surface area (Å²) >= 11 is 0. The fourth-order valence-corrected chi connectivity index (χ4v) is 2.16. The molecule has 0 spiro atoms. The van der Waals surface area contributed by atoms with Crippen LogP contribution in [0.1, 0.15) is 25.3 Å². The van der Waals surface area contributed by atoms with Crippen LogP contribution in [0, 0.1) is 0 Å². The third-order valence-corrected chi connectivity index (χ3v) is 3.34. The first kappa shape index (κ1) is 16.8. The molecule has 0 heterocycles. The van der Waals surface area contributed by atoms with Crippen LogP contribution in [-0.2, 0) is 11.2 Å². The molecule has 0 saturated carbocycles. The van der Waals surface area contributed by atoms with Crippen molar-refractivity contribution in [2.24, 2.45) is 0 Å². The summed E-state index contributed by atoms with van der Waals surface area (Å²) in [5, 5.41) is 2.91. The molecule has 0 aliphatic carbocycles. The molecule has 0 aromatic heterocycles. The van der Waals surface area contributed by atoms with Gasteiger partial charge in [0.05, 0.1) is 0 Å². The van der Waals surface area contributed by atoms with Gasteiger partial charge in [0.25, 0.3) is 0 Å². The molecule has 2 aromatic carbocycles. The third kappa shape index (κ3) is 6.39. The van der Waals surface area contributed by atoms with E-state index in [2.05, 4.69) is 24.0 Å². The first-order valence-corrected chi connectivity index (χ1v) is 7.84. The highest BCUT2D eigenvalue weighted by Gasteiger charge is 2.03. The molecule has 3 nitrogen and oxygen atoms in total. The Morgan fingerprint density at radius 2 is 1.78 bits per heavy atom. The van der Waals surface area contributed by atoms with Gasteiger partial charge in [-0.05, 0) is 55.2 Å². The second kappa shape index (κ2) is 8.79. The molecule has 0 atom stereocenters. The summed E-state index contributed by atoms with van der Waals surface area (Å²) in [6.45, 7) is 6.22. The van der Waals surface area contributed by atoms with Crippen molar-refractivity contribution < 1.29 is 9.53 Å². The molecule has 2 rings (SSSR count). The Morgan fingerprint density at radius 3 is 2.43 bits per heavy atom. The van der Waals surface area contributed by atoms with Gasteiger partial charge in [-0.3, -0.25) is 4.79 Å². The zero-order valence-corrected chi connectivity index (χ0v) is 13.5. The molecule has 1 N–H and O–H groups in total. The minimum atomic E-state index is 0.0385. The normalized spacial score (nSPS) is 10.1. The summed E-state index contributed by atoms with van der Waals surface area (Å²) < 4.78 is 5.53. The zero-order valence-electron chi connectivity index (χ0n) is 13.5. The van der Waals surface area contributed by atoms with Crippen molar-refractivity contribution in [2.45, 2.75) is 26.2 Å². The van der Waals surface area contributed by atoms with Gasteiger partial charge >= 0.3 is 0 Å². The lowest BCUT2D eigenvalue weighted by molar-refractivity contribution is -0.116. The van der Waals surface area contributed by atoms with E-state index in [1.807, 2.05) is 49.4 Å². The molecule has 3 heteroatoms. The highest BCUT2D eigenvalue weighted by molar-refractivity contribution is 5.90. The summed E-state index contributed by atoms with van der Waals surface area (Å²) in [4.78, 5) is 11.9. The Kier molecular flexibility index (Phi) is 6.42. The third-order valence-electron chi connectivity index (χ3n) is 3.34. The predicted octanol–water partition coefficient (Wildman–Crippen LogP) is 4.60. The van der Waals surface area contributed by atoms with Gasteiger partial charge in [0.1, 0.15) is 12.4 Å². The summed E-state index contributed by atoms with van der Waals surface area (Å²) in [5.74, 6) is 0.812. The lowest BCUT2D eigenvalue weighted by atomic mass is 10.1. The number of carbonyl (C=O) groups is 1. The number of ether oxygens (including phenoxy) is 1. The molecule has 0 radical (unpaired) electrons. The number of rotatable bonds is 8. The Balaban J connectivity index is 1.73. The molecule has 0 fully saturated rings. The highest BCUT2D eigenvalue weighted by Crippen LogP contribution is 2.16. The number of nitrogens with one attached hydrogen (secondary N) is 1.